The van der Waals surface area contributed by atoms with Crippen LogP contribution in [-0.2, 0) is 32.3 Å². The lowest BCUT2D eigenvalue weighted by atomic mass is 10.0. The van der Waals surface area contributed by atoms with E-state index in [9.17, 15) is 19.2 Å². The van der Waals surface area contributed by atoms with Gasteiger partial charge in [-0.3, -0.25) is 9.59 Å². The Bertz CT molecular complexity index is 1100. The summed E-state index contributed by atoms with van der Waals surface area (Å²) in [5.74, 6) is -0.109. The van der Waals surface area contributed by atoms with E-state index in [4.69, 9.17) is 9.47 Å². The van der Waals surface area contributed by atoms with Crippen molar-refractivity contribution in [3.8, 4) is 0 Å². The fourth-order valence-corrected chi connectivity index (χ4v) is 4.34. The zero-order chi connectivity index (χ0) is 31.3. The lowest BCUT2D eigenvalue weighted by Gasteiger charge is -2.32. The molecule has 1 atom stereocenters. The average Bonchev–Trinajstić information content (AvgIpc) is 3.01. The predicted octanol–water partition coefficient (Wildman–Crippen LogP) is 5.17. The van der Waals surface area contributed by atoms with E-state index in [1.807, 2.05) is 81.4 Å². The predicted molar refractivity (Wildman–Crippen MR) is 166 cm³/mol. The molecule has 236 valence electrons. The summed E-state index contributed by atoms with van der Waals surface area (Å²) in [6.45, 7) is 7.75. The molecule has 0 aliphatic rings. The van der Waals surface area contributed by atoms with Crippen LogP contribution in [0.4, 0.5) is 9.59 Å². The summed E-state index contributed by atoms with van der Waals surface area (Å²) >= 11 is 0. The average molecular weight is 597 g/mol. The quantitative estimate of drug-likeness (QED) is 0.192. The van der Waals surface area contributed by atoms with Gasteiger partial charge in [0, 0.05) is 32.6 Å². The Labute approximate surface area is 255 Å². The number of ether oxygens (including phenoxy) is 2. The van der Waals surface area contributed by atoms with Gasteiger partial charge in [0.05, 0.1) is 0 Å². The first-order chi connectivity index (χ1) is 20.8. The number of carbonyl (C=O) groups excluding carboxylic acids is 4. The molecule has 0 aromatic heterocycles. The normalized spacial score (nSPS) is 11.3. The monoisotopic (exact) mass is 596 g/mol. The van der Waals surface area contributed by atoms with Gasteiger partial charge in [0.25, 0.3) is 0 Å². The Morgan fingerprint density at radius 3 is 1.74 bits per heavy atom. The molecule has 0 saturated heterocycles. The van der Waals surface area contributed by atoms with Gasteiger partial charge in [-0.25, -0.2) is 9.59 Å². The lowest BCUT2D eigenvalue weighted by Crippen LogP contribution is -2.51. The molecule has 0 aliphatic heterocycles. The van der Waals surface area contributed by atoms with Crippen molar-refractivity contribution in [2.45, 2.75) is 78.6 Å². The Kier molecular flexibility index (Phi) is 16.9. The minimum Gasteiger partial charge on any atom is -0.445 e. The maximum Gasteiger partial charge on any atom is 0.407 e. The van der Waals surface area contributed by atoms with Gasteiger partial charge >= 0.3 is 12.2 Å². The van der Waals surface area contributed by atoms with Crippen molar-refractivity contribution < 1.29 is 28.7 Å². The summed E-state index contributed by atoms with van der Waals surface area (Å²) in [7, 11) is 0. The fourth-order valence-electron chi connectivity index (χ4n) is 4.34. The van der Waals surface area contributed by atoms with Crippen molar-refractivity contribution in [2.24, 2.45) is 5.92 Å². The molecule has 0 radical (unpaired) electrons. The number of benzene rings is 2. The van der Waals surface area contributed by atoms with Crippen molar-refractivity contribution in [1.82, 2.24) is 20.9 Å². The highest BCUT2D eigenvalue weighted by Crippen LogP contribution is 2.15. The highest BCUT2D eigenvalue weighted by atomic mass is 16.6. The largest absolute Gasteiger partial charge is 0.445 e. The fraction of sp³-hybridized carbons (Fsp3) is 0.515. The molecule has 2 aromatic carbocycles. The Hall–Kier alpha value is -4.08. The van der Waals surface area contributed by atoms with Crippen LogP contribution in [0.3, 0.4) is 0 Å². The van der Waals surface area contributed by atoms with Gasteiger partial charge in [0.2, 0.25) is 11.8 Å². The van der Waals surface area contributed by atoms with Crippen LogP contribution >= 0.6 is 0 Å². The number of amides is 4. The second-order valence-corrected chi connectivity index (χ2v) is 10.8. The summed E-state index contributed by atoms with van der Waals surface area (Å²) < 4.78 is 10.5. The number of rotatable bonds is 19. The summed E-state index contributed by atoms with van der Waals surface area (Å²) in [5, 5.41) is 8.36. The van der Waals surface area contributed by atoms with Crippen molar-refractivity contribution in [2.75, 3.05) is 26.2 Å². The molecule has 0 heterocycles. The number of hydrogen-bond acceptors (Lipinski definition) is 6. The third-order valence-electron chi connectivity index (χ3n) is 6.63. The molecule has 0 fully saturated rings. The summed E-state index contributed by atoms with van der Waals surface area (Å²) in [6.07, 6.45) is 2.44. The minimum atomic E-state index is -0.627. The first-order valence-electron chi connectivity index (χ1n) is 15.3. The molecule has 43 heavy (non-hydrogen) atoms. The molecule has 10 heteroatoms. The second-order valence-electron chi connectivity index (χ2n) is 10.8. The van der Waals surface area contributed by atoms with Gasteiger partial charge in [0.1, 0.15) is 19.3 Å². The number of carbonyl (C=O) groups is 4. The van der Waals surface area contributed by atoms with E-state index in [1.165, 1.54) is 0 Å². The molecule has 2 aromatic rings. The van der Waals surface area contributed by atoms with Crippen LogP contribution in [0, 0.1) is 5.92 Å². The van der Waals surface area contributed by atoms with E-state index in [0.717, 1.165) is 24.0 Å². The molecule has 0 saturated carbocycles. The van der Waals surface area contributed by atoms with Gasteiger partial charge in [-0.05, 0) is 42.7 Å². The summed E-state index contributed by atoms with van der Waals surface area (Å²) in [6, 6.07) is 18.2. The highest BCUT2D eigenvalue weighted by Gasteiger charge is 2.29. The first kappa shape index (κ1) is 35.1. The van der Waals surface area contributed by atoms with E-state index in [1.54, 1.807) is 4.90 Å². The summed E-state index contributed by atoms with van der Waals surface area (Å²) in [4.78, 5) is 52.3. The molecule has 0 bridgehead atoms. The molecule has 2 rings (SSSR count). The number of nitrogens with zero attached hydrogens (tertiary/aromatic N) is 1. The van der Waals surface area contributed by atoms with Crippen LogP contribution in [0.5, 0.6) is 0 Å². The molecule has 10 nitrogen and oxygen atoms in total. The number of alkyl carbamates (subject to hydrolysis) is 2. The van der Waals surface area contributed by atoms with Gasteiger partial charge in [0.15, 0.2) is 0 Å². The van der Waals surface area contributed by atoms with E-state index in [2.05, 4.69) is 16.0 Å². The van der Waals surface area contributed by atoms with Crippen LogP contribution in [0.25, 0.3) is 0 Å². The number of unbranched alkanes of at least 4 members (excludes halogenated alkanes) is 1. The van der Waals surface area contributed by atoms with Crippen molar-refractivity contribution in [3.63, 3.8) is 0 Å². The molecule has 0 aliphatic carbocycles. The minimum absolute atomic E-state index is 0.0721. The van der Waals surface area contributed by atoms with E-state index in [0.29, 0.717) is 51.9 Å². The zero-order valence-corrected chi connectivity index (χ0v) is 25.8. The first-order valence-corrected chi connectivity index (χ1v) is 15.3. The van der Waals surface area contributed by atoms with Crippen LogP contribution in [0.15, 0.2) is 60.7 Å². The van der Waals surface area contributed by atoms with E-state index < -0.39 is 18.2 Å². The highest BCUT2D eigenvalue weighted by molar-refractivity contribution is 5.87. The third kappa shape index (κ3) is 15.1. The van der Waals surface area contributed by atoms with Gasteiger partial charge in [-0.2, -0.15) is 0 Å². The van der Waals surface area contributed by atoms with Gasteiger partial charge in [-0.15, -0.1) is 0 Å². The second kappa shape index (κ2) is 20.7. The maximum atomic E-state index is 13.3. The molecule has 1 unspecified atom stereocenters. The molecule has 3 N–H and O–H groups in total. The number of hydrogen-bond donors (Lipinski definition) is 3. The Balaban J connectivity index is 1.82. The van der Waals surface area contributed by atoms with Crippen molar-refractivity contribution in [3.05, 3.63) is 71.8 Å². The molecule has 4 amide bonds. The van der Waals surface area contributed by atoms with Crippen LogP contribution in [0.2, 0.25) is 0 Å². The van der Waals surface area contributed by atoms with E-state index >= 15 is 0 Å². The van der Waals surface area contributed by atoms with Crippen LogP contribution in [-0.4, -0.2) is 61.1 Å². The van der Waals surface area contributed by atoms with E-state index in [-0.39, 0.29) is 30.9 Å². The van der Waals surface area contributed by atoms with Crippen LogP contribution in [0.1, 0.15) is 70.4 Å². The maximum absolute atomic E-state index is 13.3. The third-order valence-corrected chi connectivity index (χ3v) is 6.63. The van der Waals surface area contributed by atoms with Gasteiger partial charge in [-0.1, -0.05) is 87.9 Å². The topological polar surface area (TPSA) is 126 Å². The lowest BCUT2D eigenvalue weighted by molar-refractivity contribution is -0.141. The Morgan fingerprint density at radius 2 is 1.23 bits per heavy atom. The smallest absolute Gasteiger partial charge is 0.407 e. The molecular formula is C33H48N4O6. The Morgan fingerprint density at radius 1 is 0.721 bits per heavy atom. The zero-order valence-electron chi connectivity index (χ0n) is 25.8. The van der Waals surface area contributed by atoms with Crippen molar-refractivity contribution >= 4 is 24.0 Å². The SMILES string of the molecule is CCCCC(=O)N(CCCNC(=O)OCc1ccccc1)C(CC(C)C)C(=O)NCCCNC(=O)OCc1ccccc1. The standard InChI is InChI=1S/C33H48N4O6/c1-4-5-18-30(38)37(22-13-21-36-33(41)43-25-28-16-10-7-11-17-28)29(23-26(2)3)31(39)34-19-12-20-35-32(40)42-24-27-14-8-6-9-15-27/h6-11,14-17,26,29H,4-5,12-13,18-25H2,1-3H3,(H,34,39)(H,35,40)(H,36,41). The molecule has 0 spiro atoms. The number of nitrogens with one attached hydrogen (secondary N) is 3. The molecular weight excluding hydrogens is 548 g/mol. The van der Waals surface area contributed by atoms with Gasteiger partial charge < -0.3 is 30.3 Å². The summed E-state index contributed by atoms with van der Waals surface area (Å²) in [5.41, 5.74) is 1.80. The van der Waals surface area contributed by atoms with Crippen LogP contribution < -0.4 is 16.0 Å². The van der Waals surface area contributed by atoms with Crippen molar-refractivity contribution in [1.29, 1.82) is 0 Å².